The molecule has 0 saturated carbocycles. The summed E-state index contributed by atoms with van der Waals surface area (Å²) >= 11 is 6.17. The summed E-state index contributed by atoms with van der Waals surface area (Å²) in [5, 5.41) is 0.380. The van der Waals surface area contributed by atoms with Crippen LogP contribution in [0.1, 0.15) is 66.2 Å². The van der Waals surface area contributed by atoms with Crippen LogP contribution in [0.5, 0.6) is 11.5 Å². The number of ether oxygens (including phenoxy) is 6. The van der Waals surface area contributed by atoms with Crippen molar-refractivity contribution in [2.24, 2.45) is 11.8 Å². The van der Waals surface area contributed by atoms with Crippen molar-refractivity contribution in [2.45, 2.75) is 152 Å². The highest BCUT2D eigenvalue weighted by atomic mass is 35.5. The first-order valence-electron chi connectivity index (χ1n) is 39.5. The number of nitrogens with zero attached hydrogens (tertiary/aromatic N) is 20. The molecule has 12 fully saturated rings. The fourth-order valence-electron chi connectivity index (χ4n) is 17.3. The average molecular weight is 1670 g/mol. The number of fused-ring (bicyclic) bond motifs is 8. The molecular weight excluding hydrogens is 1580 g/mol. The number of hydrogen-bond acceptors (Lipinski definition) is 30. The molecule has 8 N–H and O–H groups in total. The number of nitrogen functional groups attached to an aromatic ring is 4. The Morgan fingerprint density at radius 2 is 0.737 bits per heavy atom. The van der Waals surface area contributed by atoms with E-state index in [-0.39, 0.29) is 115 Å². The third kappa shape index (κ3) is 17.2. The van der Waals surface area contributed by atoms with Crippen LogP contribution in [0.2, 0.25) is 5.02 Å². The van der Waals surface area contributed by atoms with Crippen LogP contribution >= 0.6 is 11.6 Å². The summed E-state index contributed by atoms with van der Waals surface area (Å²) in [6.07, 6.45) is 9.65. The highest BCUT2D eigenvalue weighted by molar-refractivity contribution is 6.33. The predicted molar refractivity (Wildman–Crippen MR) is 424 cm³/mol. The molecule has 40 heteroatoms. The quantitative estimate of drug-likeness (QED) is 0.0653. The zero-order valence-electron chi connectivity index (χ0n) is 65.1. The number of pyridine rings is 4. The average Bonchev–Trinajstić information content (AvgIpc) is 1.59. The van der Waals surface area contributed by atoms with Gasteiger partial charge in [0.15, 0.2) is 34.8 Å². The Bertz CT molecular complexity index is 4700. The molecule has 0 aliphatic carbocycles. The maximum atomic E-state index is 14.4. The number of rotatable bonds is 16. The van der Waals surface area contributed by atoms with E-state index in [1.807, 2.05) is 45.6 Å². The maximum absolute atomic E-state index is 14.4. The minimum atomic E-state index is -3.02. The number of aromatic nitrogens is 12. The molecule has 0 aromatic carbocycles. The van der Waals surface area contributed by atoms with Gasteiger partial charge in [0.1, 0.15) is 52.8 Å². The van der Waals surface area contributed by atoms with E-state index in [0.717, 1.165) is 56.0 Å². The highest BCUT2D eigenvalue weighted by Gasteiger charge is 2.46. The Morgan fingerprint density at radius 1 is 0.424 bits per heavy atom. The molecule has 0 radical (unpaired) electrons. The van der Waals surface area contributed by atoms with E-state index in [9.17, 15) is 39.5 Å². The van der Waals surface area contributed by atoms with Gasteiger partial charge in [-0.2, -0.15) is 37.5 Å². The molecule has 0 amide bonds. The normalized spacial score (nSPS) is 28.3. The molecule has 12 aliphatic heterocycles. The summed E-state index contributed by atoms with van der Waals surface area (Å²) < 4.78 is 154. The molecule has 5 unspecified atom stereocenters. The minimum Gasteiger partial charge on any atom is -0.431 e. The fourth-order valence-corrected chi connectivity index (χ4v) is 17.4. The molecule has 30 nitrogen and oxygen atoms in total. The zero-order chi connectivity index (χ0) is 82.3. The summed E-state index contributed by atoms with van der Waals surface area (Å²) in [6, 6.07) is 14.2. The fraction of sp³-hybridized carbons (Fsp3) is 0.538. The highest BCUT2D eigenvalue weighted by Crippen LogP contribution is 2.43. The van der Waals surface area contributed by atoms with Gasteiger partial charge in [0.2, 0.25) is 23.8 Å². The summed E-state index contributed by atoms with van der Waals surface area (Å²) in [4.78, 5) is 69.7. The molecule has 0 spiro atoms. The predicted octanol–water partition coefficient (Wildman–Crippen LogP) is 9.85. The van der Waals surface area contributed by atoms with Crippen molar-refractivity contribution in [1.82, 2.24) is 59.8 Å². The standard InChI is InChI=1S/2C20H23F3N6O2.C19H22ClFN6O.C19H22F2N6O/c2*1-10-6-28(8-14(10)21)20-26-15(11-2-16(31-19(22)23)18(24)25-5-11)4-17(27-20)29-7-13-3-12(29)9-30-13;2*1-19(21)2-3-26(10-19)18-24-15(11-4-14(20)17(22)23-7-11)6-16(25-18)27-8-13-5-12(27)9-28-13/h2*2,4-5,10,12-14,19H,3,6-9H2,1H3,(H2,24,25);2*4,6-7,12-13H,2-3,5,8-10H2,1H3,(H2,22,23)/t2*10?,12-,13-,14?;12-,13-,19-;12-,13-,19?/m0000/s1. The molecule has 8 bridgehead atoms. The Hall–Kier alpha value is -10.4. The van der Waals surface area contributed by atoms with Crippen molar-refractivity contribution in [3.63, 3.8) is 0 Å². The smallest absolute Gasteiger partial charge is 0.387 e. The van der Waals surface area contributed by atoms with Crippen molar-refractivity contribution in [3.8, 4) is 56.5 Å². The molecule has 118 heavy (non-hydrogen) atoms. The topological polar surface area (TPSA) is 340 Å². The molecule has 8 aromatic rings. The first-order valence-corrected chi connectivity index (χ1v) is 39.9. The molecule has 8 aromatic heterocycles. The maximum Gasteiger partial charge on any atom is 0.387 e. The van der Waals surface area contributed by atoms with Crippen LogP contribution in [0.15, 0.2) is 73.3 Å². The van der Waals surface area contributed by atoms with E-state index in [1.165, 1.54) is 36.8 Å². The van der Waals surface area contributed by atoms with Crippen molar-refractivity contribution in [2.75, 3.05) is 167 Å². The van der Waals surface area contributed by atoms with Crippen LogP contribution < -0.4 is 71.6 Å². The van der Waals surface area contributed by atoms with Gasteiger partial charge in [-0.25, -0.2) is 61.8 Å². The first-order chi connectivity index (χ1) is 56.5. The van der Waals surface area contributed by atoms with Crippen LogP contribution in [0.25, 0.3) is 45.0 Å². The number of alkyl halides is 8. The lowest BCUT2D eigenvalue weighted by molar-refractivity contribution is -0.0501. The molecule has 12 saturated heterocycles. The van der Waals surface area contributed by atoms with Gasteiger partial charge in [-0.3, -0.25) is 0 Å². The zero-order valence-corrected chi connectivity index (χ0v) is 65.8. The van der Waals surface area contributed by atoms with Gasteiger partial charge < -0.3 is 90.6 Å². The third-order valence-electron chi connectivity index (χ3n) is 23.7. The van der Waals surface area contributed by atoms with Gasteiger partial charge >= 0.3 is 13.2 Å². The lowest BCUT2D eigenvalue weighted by Gasteiger charge is -2.29. The molecule has 12 aliphatic rings. The monoisotopic (exact) mass is 1660 g/mol. The van der Waals surface area contributed by atoms with Crippen LogP contribution in [-0.2, 0) is 18.9 Å². The van der Waals surface area contributed by atoms with E-state index in [4.69, 9.17) is 78.4 Å². The number of halogens is 10. The summed E-state index contributed by atoms with van der Waals surface area (Å²) in [5.41, 5.74) is 24.5. The second-order valence-corrected chi connectivity index (χ2v) is 33.2. The lowest BCUT2D eigenvalue weighted by atomic mass is 10.1. The van der Waals surface area contributed by atoms with Crippen LogP contribution in [0, 0.1) is 17.7 Å². The Labute approximate surface area is 678 Å². The number of nitrogens with two attached hydrogens (primary N) is 4. The van der Waals surface area contributed by atoms with E-state index >= 15 is 0 Å². The van der Waals surface area contributed by atoms with Crippen LogP contribution in [0.3, 0.4) is 0 Å². The van der Waals surface area contributed by atoms with Gasteiger partial charge in [-0.15, -0.1) is 0 Å². The second kappa shape index (κ2) is 32.4. The van der Waals surface area contributed by atoms with Crippen molar-refractivity contribution >= 4 is 81.9 Å². The number of morpholine rings is 4. The van der Waals surface area contributed by atoms with Crippen LogP contribution in [-0.4, -0.2) is 250 Å². The number of hydrogen-bond donors (Lipinski definition) is 4. The molecule has 20 heterocycles. The Kier molecular flexibility index (Phi) is 22.0. The third-order valence-corrected chi connectivity index (χ3v) is 24.0. The van der Waals surface area contributed by atoms with E-state index in [2.05, 4.69) is 64.0 Å². The summed E-state index contributed by atoms with van der Waals surface area (Å²) in [6.45, 7) is 9.55. The van der Waals surface area contributed by atoms with Gasteiger partial charge in [0, 0.05) is 148 Å². The second-order valence-electron chi connectivity index (χ2n) is 32.8. The van der Waals surface area contributed by atoms with Gasteiger partial charge in [0.25, 0.3) is 0 Å². The van der Waals surface area contributed by atoms with Gasteiger partial charge in [-0.1, -0.05) is 25.4 Å². The van der Waals surface area contributed by atoms with Crippen molar-refractivity contribution < 1.29 is 67.9 Å². The Balaban J connectivity index is 0.000000113. The molecule has 20 rings (SSSR count). The molecular formula is C78H90ClF9N24O6. The van der Waals surface area contributed by atoms with Gasteiger partial charge in [-0.05, 0) is 63.8 Å². The van der Waals surface area contributed by atoms with Crippen LogP contribution in [0.4, 0.5) is 110 Å². The Morgan fingerprint density at radius 3 is 1.01 bits per heavy atom. The van der Waals surface area contributed by atoms with Gasteiger partial charge in [0.05, 0.1) is 129 Å². The van der Waals surface area contributed by atoms with Crippen molar-refractivity contribution in [1.29, 1.82) is 0 Å². The first kappa shape index (κ1) is 80.1. The van der Waals surface area contributed by atoms with E-state index < -0.39 is 42.7 Å². The minimum absolute atomic E-state index is 0.129. The van der Waals surface area contributed by atoms with Crippen molar-refractivity contribution in [3.05, 3.63) is 84.2 Å². The summed E-state index contributed by atoms with van der Waals surface area (Å²) in [5.74, 6) is 3.31. The lowest BCUT2D eigenvalue weighted by Crippen LogP contribution is -2.38. The largest absolute Gasteiger partial charge is 0.431 e. The van der Waals surface area contributed by atoms with E-state index in [0.29, 0.717) is 164 Å². The van der Waals surface area contributed by atoms with E-state index in [1.54, 1.807) is 38.2 Å². The number of anilines is 12. The molecule has 14 atom stereocenters. The summed E-state index contributed by atoms with van der Waals surface area (Å²) in [7, 11) is 0. The SMILES string of the molecule is CC1(F)CCN(c2nc(-c3cnc(N)c(F)c3)cc(N3C[C@@H]4C[C@H]3CO4)n2)C1.CC1CN(c2nc(-c3cnc(N)c(OC(F)F)c3)cc(N3C[C@@H]4C[C@H]3CO4)n2)CC1F.CC1CN(c2nc(-c3cnc(N)c(OC(F)F)c3)cc(N3C[C@@H]4C[C@H]3CO4)n2)CC1F.C[C@]1(F)CCN(c2nc(-c3cnc(N)c(Cl)c3)cc(N3C[C@@H]4C[C@H]3CO4)n2)C1. The molecule has 628 valence electrons.